The lowest BCUT2D eigenvalue weighted by atomic mass is 10.2. The average molecular weight is 420 g/mol. The molecule has 2 aromatic carbocycles. The highest BCUT2D eigenvalue weighted by Gasteiger charge is 2.18. The predicted octanol–water partition coefficient (Wildman–Crippen LogP) is 2.76. The fourth-order valence-corrected chi connectivity index (χ4v) is 2.88. The molecule has 3 rings (SSSR count). The summed E-state index contributed by atoms with van der Waals surface area (Å²) in [5, 5.41) is 5.93. The Morgan fingerprint density at radius 3 is 2.35 bits per heavy atom. The quantitative estimate of drug-likeness (QED) is 0.691. The minimum absolute atomic E-state index is 0.224. The van der Waals surface area contributed by atoms with Gasteiger partial charge in [0.25, 0.3) is 0 Å². The number of anilines is 2. The third-order valence-corrected chi connectivity index (χ3v) is 4.49. The van der Waals surface area contributed by atoms with Crippen LogP contribution in [0.1, 0.15) is 17.3 Å². The number of carbonyl (C=O) groups is 2. The van der Waals surface area contributed by atoms with Crippen LogP contribution in [-0.2, 0) is 4.79 Å². The number of hydrogen-bond acceptors (Lipinski definition) is 5. The van der Waals surface area contributed by atoms with Crippen LogP contribution >= 0.6 is 15.9 Å². The Morgan fingerprint density at radius 1 is 1.12 bits per heavy atom. The van der Waals surface area contributed by atoms with E-state index in [2.05, 4.69) is 26.6 Å². The Kier molecular flexibility index (Phi) is 5.32. The highest BCUT2D eigenvalue weighted by Crippen LogP contribution is 2.38. The molecule has 0 spiro atoms. The van der Waals surface area contributed by atoms with Gasteiger partial charge in [-0.05, 0) is 47.1 Å². The van der Waals surface area contributed by atoms with Gasteiger partial charge in [-0.2, -0.15) is 0 Å². The van der Waals surface area contributed by atoms with Crippen molar-refractivity contribution in [3.8, 4) is 11.5 Å². The number of benzene rings is 2. The largest absolute Gasteiger partial charge is 0.486 e. The predicted molar refractivity (Wildman–Crippen MR) is 102 cm³/mol. The Balaban J connectivity index is 1.66. The van der Waals surface area contributed by atoms with Crippen LogP contribution in [0.3, 0.4) is 0 Å². The number of hydrogen-bond donors (Lipinski definition) is 3. The number of amides is 2. The molecule has 0 saturated heterocycles. The van der Waals surface area contributed by atoms with Gasteiger partial charge in [0.15, 0.2) is 11.5 Å². The normalized spacial score (nSPS) is 13.6. The van der Waals surface area contributed by atoms with E-state index >= 15 is 0 Å². The molecule has 0 bridgehead atoms. The monoisotopic (exact) mass is 419 g/mol. The zero-order chi connectivity index (χ0) is 18.7. The molecule has 2 amide bonds. The molecule has 0 aliphatic carbocycles. The second-order valence-corrected chi connectivity index (χ2v) is 6.63. The maximum atomic E-state index is 12.4. The van der Waals surface area contributed by atoms with Crippen molar-refractivity contribution in [1.29, 1.82) is 0 Å². The Bertz CT molecular complexity index is 839. The minimum Gasteiger partial charge on any atom is -0.486 e. The van der Waals surface area contributed by atoms with Gasteiger partial charge in [-0.15, -0.1) is 0 Å². The first-order valence-corrected chi connectivity index (χ1v) is 8.80. The fraction of sp³-hybridized carbons (Fsp3) is 0.222. The van der Waals surface area contributed by atoms with Crippen LogP contribution in [0.5, 0.6) is 11.5 Å². The van der Waals surface area contributed by atoms with Crippen LogP contribution in [0, 0.1) is 0 Å². The molecule has 4 N–H and O–H groups in total. The average Bonchev–Trinajstić information content (AvgIpc) is 2.62. The molecule has 136 valence electrons. The molecule has 2 aromatic rings. The summed E-state index contributed by atoms with van der Waals surface area (Å²) in [6.07, 6.45) is 0. The Labute approximate surface area is 159 Å². The number of carbonyl (C=O) groups excluding carboxylic acids is 2. The van der Waals surface area contributed by atoms with Gasteiger partial charge in [0, 0.05) is 27.9 Å². The minimum atomic E-state index is -0.513. The standard InChI is InChI=1S/C18H18BrN3O4/c1-10(18(24)22-12-4-2-11(3-5-12)17(20)23)21-14-9-16-15(8-13(14)19)25-6-7-26-16/h2-5,8-10,21H,6-7H2,1H3,(H2,20,23)(H,22,24)/t10-/m1/s1. The Morgan fingerprint density at radius 2 is 1.73 bits per heavy atom. The van der Waals surface area contributed by atoms with Gasteiger partial charge < -0.3 is 25.8 Å². The van der Waals surface area contributed by atoms with Gasteiger partial charge in [-0.25, -0.2) is 0 Å². The molecule has 0 aromatic heterocycles. The van der Waals surface area contributed by atoms with Crippen molar-refractivity contribution in [3.63, 3.8) is 0 Å². The third-order valence-electron chi connectivity index (χ3n) is 3.83. The molecule has 7 nitrogen and oxygen atoms in total. The summed E-state index contributed by atoms with van der Waals surface area (Å²) in [6, 6.07) is 9.48. The highest BCUT2D eigenvalue weighted by atomic mass is 79.9. The van der Waals surface area contributed by atoms with Crippen molar-refractivity contribution in [1.82, 2.24) is 0 Å². The number of primary amides is 1. The van der Waals surface area contributed by atoms with Crippen LogP contribution in [0.2, 0.25) is 0 Å². The molecule has 1 aliphatic rings. The number of rotatable bonds is 5. The highest BCUT2D eigenvalue weighted by molar-refractivity contribution is 9.10. The SMILES string of the molecule is C[C@@H](Nc1cc2c(cc1Br)OCCO2)C(=O)Nc1ccc(C(N)=O)cc1. The molecule has 26 heavy (non-hydrogen) atoms. The van der Waals surface area contributed by atoms with E-state index < -0.39 is 11.9 Å². The molecule has 1 aliphatic heterocycles. The van der Waals surface area contributed by atoms with Crippen molar-refractivity contribution in [2.75, 3.05) is 23.8 Å². The summed E-state index contributed by atoms with van der Waals surface area (Å²) in [5.41, 5.74) is 6.89. The number of fused-ring (bicyclic) bond motifs is 1. The lowest BCUT2D eigenvalue weighted by Crippen LogP contribution is -2.32. The molecule has 0 radical (unpaired) electrons. The summed E-state index contributed by atoms with van der Waals surface area (Å²) in [4.78, 5) is 23.5. The van der Waals surface area contributed by atoms with E-state index in [0.717, 1.165) is 10.2 Å². The van der Waals surface area contributed by atoms with E-state index in [1.807, 2.05) is 6.07 Å². The van der Waals surface area contributed by atoms with Gasteiger partial charge in [-0.1, -0.05) is 0 Å². The first kappa shape index (κ1) is 18.1. The van der Waals surface area contributed by atoms with E-state index in [4.69, 9.17) is 15.2 Å². The van der Waals surface area contributed by atoms with Gasteiger partial charge in [-0.3, -0.25) is 9.59 Å². The molecule has 0 fully saturated rings. The summed E-state index contributed by atoms with van der Waals surface area (Å²) >= 11 is 3.47. The summed E-state index contributed by atoms with van der Waals surface area (Å²) < 4.78 is 11.9. The molecule has 8 heteroatoms. The van der Waals surface area contributed by atoms with Gasteiger partial charge >= 0.3 is 0 Å². The van der Waals surface area contributed by atoms with E-state index in [1.54, 1.807) is 37.3 Å². The second-order valence-electron chi connectivity index (χ2n) is 5.77. The summed E-state index contributed by atoms with van der Waals surface area (Å²) in [5.74, 6) is 0.567. The maximum absolute atomic E-state index is 12.4. The molecule has 0 saturated carbocycles. The van der Waals surface area contributed by atoms with Crippen molar-refractivity contribution in [2.45, 2.75) is 13.0 Å². The third kappa shape index (κ3) is 4.08. The van der Waals surface area contributed by atoms with Crippen LogP contribution < -0.4 is 25.8 Å². The van der Waals surface area contributed by atoms with Crippen LogP contribution in [-0.4, -0.2) is 31.1 Å². The van der Waals surface area contributed by atoms with Gasteiger partial charge in [0.1, 0.15) is 19.3 Å². The molecular weight excluding hydrogens is 402 g/mol. The van der Waals surface area contributed by atoms with Crippen molar-refractivity contribution < 1.29 is 19.1 Å². The number of halogens is 1. The van der Waals surface area contributed by atoms with Crippen molar-refractivity contribution in [3.05, 3.63) is 46.4 Å². The summed E-state index contributed by atoms with van der Waals surface area (Å²) in [6.45, 7) is 2.75. The van der Waals surface area contributed by atoms with Crippen LogP contribution in [0.15, 0.2) is 40.9 Å². The zero-order valence-corrected chi connectivity index (χ0v) is 15.6. The van der Waals surface area contributed by atoms with Crippen LogP contribution in [0.25, 0.3) is 0 Å². The first-order chi connectivity index (χ1) is 12.4. The van der Waals surface area contributed by atoms with E-state index in [9.17, 15) is 9.59 Å². The number of nitrogens with two attached hydrogens (primary N) is 1. The summed E-state index contributed by atoms with van der Waals surface area (Å²) in [7, 11) is 0. The topological polar surface area (TPSA) is 103 Å². The van der Waals surface area contributed by atoms with Crippen molar-refractivity contribution in [2.24, 2.45) is 5.73 Å². The fourth-order valence-electron chi connectivity index (χ4n) is 2.44. The first-order valence-electron chi connectivity index (χ1n) is 8.00. The lowest BCUT2D eigenvalue weighted by molar-refractivity contribution is -0.116. The lowest BCUT2D eigenvalue weighted by Gasteiger charge is -2.22. The van der Waals surface area contributed by atoms with E-state index in [0.29, 0.717) is 36.0 Å². The van der Waals surface area contributed by atoms with E-state index in [-0.39, 0.29) is 5.91 Å². The molecular formula is C18H18BrN3O4. The maximum Gasteiger partial charge on any atom is 0.248 e. The smallest absolute Gasteiger partial charge is 0.248 e. The van der Waals surface area contributed by atoms with Crippen molar-refractivity contribution >= 4 is 39.1 Å². The van der Waals surface area contributed by atoms with E-state index in [1.165, 1.54) is 0 Å². The number of nitrogens with one attached hydrogen (secondary N) is 2. The van der Waals surface area contributed by atoms with Gasteiger partial charge in [0.2, 0.25) is 11.8 Å². The van der Waals surface area contributed by atoms with Crippen LogP contribution in [0.4, 0.5) is 11.4 Å². The zero-order valence-electron chi connectivity index (χ0n) is 14.0. The Hall–Kier alpha value is -2.74. The molecule has 1 heterocycles. The van der Waals surface area contributed by atoms with Gasteiger partial charge in [0.05, 0.1) is 5.69 Å². The molecule has 1 atom stereocenters. The second kappa shape index (κ2) is 7.65. The molecule has 0 unspecified atom stereocenters. The number of ether oxygens (including phenoxy) is 2.